The molecule has 0 aromatic heterocycles. The first-order valence-corrected chi connectivity index (χ1v) is 6.80. The third-order valence-electron chi connectivity index (χ3n) is 3.95. The number of nitrogens with one attached hydrogen (secondary N) is 1. The van der Waals surface area contributed by atoms with E-state index in [4.69, 9.17) is 0 Å². The third-order valence-corrected chi connectivity index (χ3v) is 3.95. The number of likely N-dealkylation sites (tertiary alicyclic amines) is 1. The molecule has 3 heteroatoms. The molecule has 100 valence electrons. The number of nitrogens with zero attached hydrogens (tertiary/aromatic N) is 1. The fourth-order valence-electron chi connectivity index (χ4n) is 2.91. The molecule has 1 aromatic rings. The molecule has 1 N–H and O–H groups in total. The Morgan fingerprint density at radius 1 is 1.39 bits per heavy atom. The first-order valence-electron chi connectivity index (χ1n) is 6.80. The smallest absolute Gasteiger partial charge is 0.123 e. The molecule has 0 bridgehead atoms. The van der Waals surface area contributed by atoms with Gasteiger partial charge >= 0.3 is 0 Å². The first kappa shape index (κ1) is 13.5. The summed E-state index contributed by atoms with van der Waals surface area (Å²) in [5.41, 5.74) is 1.10. The minimum atomic E-state index is -0.136. The van der Waals surface area contributed by atoms with Crippen molar-refractivity contribution in [1.82, 2.24) is 10.2 Å². The van der Waals surface area contributed by atoms with Gasteiger partial charge in [0.1, 0.15) is 5.82 Å². The van der Waals surface area contributed by atoms with E-state index in [-0.39, 0.29) is 5.82 Å². The lowest BCUT2D eigenvalue weighted by atomic mass is 9.90. The molecule has 2 atom stereocenters. The normalized spacial score (nSPS) is 25.6. The minimum Gasteiger partial charge on any atom is -0.317 e. The second-order valence-electron chi connectivity index (χ2n) is 5.41. The highest BCUT2D eigenvalue weighted by atomic mass is 19.1. The number of hydrogen-bond acceptors (Lipinski definition) is 2. The molecular weight excluding hydrogens is 227 g/mol. The van der Waals surface area contributed by atoms with E-state index < -0.39 is 0 Å². The molecule has 1 fully saturated rings. The van der Waals surface area contributed by atoms with Crippen molar-refractivity contribution in [2.24, 2.45) is 0 Å². The Labute approximate surface area is 109 Å². The summed E-state index contributed by atoms with van der Waals surface area (Å²) >= 11 is 0. The van der Waals surface area contributed by atoms with Crippen LogP contribution in [0.2, 0.25) is 0 Å². The summed E-state index contributed by atoms with van der Waals surface area (Å²) in [6.07, 6.45) is 2.22. The molecule has 18 heavy (non-hydrogen) atoms. The Kier molecular flexibility index (Phi) is 4.36. The molecule has 0 aliphatic carbocycles. The van der Waals surface area contributed by atoms with Crippen molar-refractivity contribution in [3.8, 4) is 0 Å². The molecular formula is C15H23FN2. The van der Waals surface area contributed by atoms with Crippen molar-refractivity contribution in [3.05, 3.63) is 35.6 Å². The van der Waals surface area contributed by atoms with Crippen molar-refractivity contribution >= 4 is 0 Å². The highest BCUT2D eigenvalue weighted by molar-refractivity contribution is 5.21. The molecule has 1 aliphatic rings. The zero-order valence-corrected chi connectivity index (χ0v) is 11.5. The Balaban J connectivity index is 2.24. The van der Waals surface area contributed by atoms with Crippen molar-refractivity contribution < 1.29 is 4.39 Å². The van der Waals surface area contributed by atoms with Crippen LogP contribution in [0, 0.1) is 5.82 Å². The summed E-state index contributed by atoms with van der Waals surface area (Å²) in [5.74, 6) is -0.136. The van der Waals surface area contributed by atoms with Gasteiger partial charge in [-0.25, -0.2) is 4.39 Å². The highest BCUT2D eigenvalue weighted by Crippen LogP contribution is 2.32. The molecule has 0 amide bonds. The van der Waals surface area contributed by atoms with E-state index in [2.05, 4.69) is 24.1 Å². The van der Waals surface area contributed by atoms with Gasteiger partial charge in [-0.3, -0.25) is 4.90 Å². The fourth-order valence-corrected chi connectivity index (χ4v) is 2.91. The largest absolute Gasteiger partial charge is 0.317 e. The fraction of sp³-hybridized carbons (Fsp3) is 0.600. The molecule has 0 saturated carbocycles. The molecule has 0 spiro atoms. The van der Waals surface area contributed by atoms with Gasteiger partial charge in [-0.05, 0) is 51.4 Å². The van der Waals surface area contributed by atoms with E-state index >= 15 is 0 Å². The molecule has 1 aromatic carbocycles. The van der Waals surface area contributed by atoms with Gasteiger partial charge < -0.3 is 5.32 Å². The topological polar surface area (TPSA) is 15.3 Å². The molecule has 2 nitrogen and oxygen atoms in total. The Bertz CT molecular complexity index is 392. The lowest BCUT2D eigenvalue weighted by Crippen LogP contribution is -2.46. The van der Waals surface area contributed by atoms with Crippen LogP contribution in [0.5, 0.6) is 0 Å². The predicted molar refractivity (Wildman–Crippen MR) is 73.1 cm³/mol. The summed E-state index contributed by atoms with van der Waals surface area (Å²) in [4.78, 5) is 2.47. The molecule has 0 radical (unpaired) electrons. The molecule has 2 rings (SSSR count). The minimum absolute atomic E-state index is 0.136. The van der Waals surface area contributed by atoms with Crippen molar-refractivity contribution in [1.29, 1.82) is 0 Å². The van der Waals surface area contributed by atoms with E-state index in [0.29, 0.717) is 18.1 Å². The maximum absolute atomic E-state index is 13.4. The SMILES string of the molecule is CNC1CCN(C(C)C)C(c2cccc(F)c2)C1. The number of benzene rings is 1. The molecule has 1 aliphatic heterocycles. The van der Waals surface area contributed by atoms with Crippen molar-refractivity contribution in [2.75, 3.05) is 13.6 Å². The lowest BCUT2D eigenvalue weighted by Gasteiger charge is -2.42. The zero-order chi connectivity index (χ0) is 13.1. The first-order chi connectivity index (χ1) is 8.61. The Hall–Kier alpha value is -0.930. The van der Waals surface area contributed by atoms with Crippen molar-refractivity contribution in [2.45, 2.75) is 44.8 Å². The van der Waals surface area contributed by atoms with Gasteiger partial charge in [-0.1, -0.05) is 12.1 Å². The van der Waals surface area contributed by atoms with Gasteiger partial charge in [0.25, 0.3) is 0 Å². The number of rotatable bonds is 3. The predicted octanol–water partition coefficient (Wildman–Crippen LogP) is 2.96. The van der Waals surface area contributed by atoms with Gasteiger partial charge in [0.15, 0.2) is 0 Å². The Morgan fingerprint density at radius 3 is 2.78 bits per heavy atom. The summed E-state index contributed by atoms with van der Waals surface area (Å²) in [6.45, 7) is 5.50. The van der Waals surface area contributed by atoms with Crippen LogP contribution in [0.15, 0.2) is 24.3 Å². The van der Waals surface area contributed by atoms with Crippen LogP contribution >= 0.6 is 0 Å². The summed E-state index contributed by atoms with van der Waals surface area (Å²) in [5, 5.41) is 3.36. The third kappa shape index (κ3) is 2.90. The average Bonchev–Trinajstić information content (AvgIpc) is 2.38. The van der Waals surface area contributed by atoms with Crippen molar-refractivity contribution in [3.63, 3.8) is 0 Å². The van der Waals surface area contributed by atoms with Crippen LogP contribution in [0.1, 0.15) is 38.3 Å². The van der Waals surface area contributed by atoms with Gasteiger partial charge in [-0.2, -0.15) is 0 Å². The van der Waals surface area contributed by atoms with Gasteiger partial charge in [0, 0.05) is 24.7 Å². The van der Waals surface area contributed by atoms with E-state index in [1.54, 1.807) is 6.07 Å². The van der Waals surface area contributed by atoms with Crippen LogP contribution in [0.4, 0.5) is 4.39 Å². The zero-order valence-electron chi connectivity index (χ0n) is 11.5. The van der Waals surface area contributed by atoms with E-state index in [9.17, 15) is 4.39 Å². The second kappa shape index (κ2) is 5.81. The van der Waals surface area contributed by atoms with Crippen LogP contribution in [0.3, 0.4) is 0 Å². The molecule has 1 heterocycles. The maximum Gasteiger partial charge on any atom is 0.123 e. The number of halogens is 1. The van der Waals surface area contributed by atoms with Gasteiger partial charge in [-0.15, -0.1) is 0 Å². The number of piperidine rings is 1. The van der Waals surface area contributed by atoms with Gasteiger partial charge in [0.2, 0.25) is 0 Å². The van der Waals surface area contributed by atoms with Crippen LogP contribution in [-0.4, -0.2) is 30.6 Å². The quantitative estimate of drug-likeness (QED) is 0.887. The summed E-state index contributed by atoms with van der Waals surface area (Å²) in [7, 11) is 2.01. The monoisotopic (exact) mass is 250 g/mol. The van der Waals surface area contributed by atoms with Crippen LogP contribution in [0.25, 0.3) is 0 Å². The molecule has 2 unspecified atom stereocenters. The van der Waals surface area contributed by atoms with E-state index in [0.717, 1.165) is 18.5 Å². The number of hydrogen-bond donors (Lipinski definition) is 1. The second-order valence-corrected chi connectivity index (χ2v) is 5.41. The van der Waals surface area contributed by atoms with E-state index in [1.165, 1.54) is 12.5 Å². The molecule has 1 saturated heterocycles. The highest BCUT2D eigenvalue weighted by Gasteiger charge is 2.30. The summed E-state index contributed by atoms with van der Waals surface area (Å²) < 4.78 is 13.4. The van der Waals surface area contributed by atoms with Crippen LogP contribution < -0.4 is 5.32 Å². The summed E-state index contributed by atoms with van der Waals surface area (Å²) in [6, 6.07) is 8.41. The van der Waals surface area contributed by atoms with E-state index in [1.807, 2.05) is 19.2 Å². The van der Waals surface area contributed by atoms with Crippen LogP contribution in [-0.2, 0) is 0 Å². The maximum atomic E-state index is 13.4. The standard InChI is InChI=1S/C15H23FN2/c1-11(2)18-8-7-14(17-3)10-15(18)12-5-4-6-13(16)9-12/h4-6,9,11,14-15,17H,7-8,10H2,1-3H3. The lowest BCUT2D eigenvalue weighted by molar-refractivity contribution is 0.0943. The van der Waals surface area contributed by atoms with Gasteiger partial charge in [0.05, 0.1) is 0 Å². The Morgan fingerprint density at radius 2 is 2.17 bits per heavy atom. The average molecular weight is 250 g/mol.